The van der Waals surface area contributed by atoms with Crippen molar-refractivity contribution in [2.45, 2.75) is 0 Å². The van der Waals surface area contributed by atoms with Crippen molar-refractivity contribution in [3.8, 4) is 0 Å². The molecule has 54 valence electrons. The zero-order valence-electron chi connectivity index (χ0n) is 5.44. The fourth-order valence-corrected chi connectivity index (χ4v) is 0.113. The van der Waals surface area contributed by atoms with Crippen molar-refractivity contribution in [3.63, 3.8) is 0 Å². The predicted molar refractivity (Wildman–Crippen MR) is 32.8 cm³/mol. The van der Waals surface area contributed by atoms with Crippen molar-refractivity contribution in [3.05, 3.63) is 10.1 Å². The number of nitroso groups, excluding NO2 is 1. The lowest BCUT2D eigenvalue weighted by Gasteiger charge is -1.87. The summed E-state index contributed by atoms with van der Waals surface area (Å²) in [4.78, 5) is 9.42. The molecule has 0 atom stereocenters. The van der Waals surface area contributed by atoms with E-state index in [1.165, 1.54) is 14.1 Å². The maximum absolute atomic E-state index is 9.87. The van der Waals surface area contributed by atoms with Crippen LogP contribution >= 0.6 is 0 Å². The first-order valence-electron chi connectivity index (χ1n) is 2.22. The second-order valence-corrected chi connectivity index (χ2v) is 0.823. The van der Waals surface area contributed by atoms with Gasteiger partial charge < -0.3 is 10.9 Å². The molecule has 0 bridgehead atoms. The Morgan fingerprint density at radius 1 is 1.67 bits per heavy atom. The van der Waals surface area contributed by atoms with E-state index in [2.05, 4.69) is 16.0 Å². The van der Waals surface area contributed by atoms with E-state index in [-0.39, 0.29) is 4.86 Å². The Labute approximate surface area is 52.9 Å². The van der Waals surface area contributed by atoms with Gasteiger partial charge in [-0.2, -0.15) is 0 Å². The molecule has 0 aliphatic carbocycles. The zero-order chi connectivity index (χ0) is 7.70. The van der Waals surface area contributed by atoms with Crippen LogP contribution in [0.4, 0.5) is 0 Å². The molecule has 0 unspecified atom stereocenters. The summed E-state index contributed by atoms with van der Waals surface area (Å²) in [6.45, 7) is -0.420. The smallest absolute Gasteiger partial charge is 0.309 e. The fraction of sp³-hybridized carbons (Fsp3) is 1.00. The summed E-state index contributed by atoms with van der Waals surface area (Å²) in [5.74, 6) is 0. The Balaban J connectivity index is 0. The van der Waals surface area contributed by atoms with Gasteiger partial charge in [0.05, 0.1) is 7.05 Å². The number of rotatable bonds is 2. The lowest BCUT2D eigenvalue weighted by molar-refractivity contribution is -0.526. The molecule has 9 heavy (non-hydrogen) atoms. The highest BCUT2D eigenvalue weighted by Crippen LogP contribution is 1.70. The minimum absolute atomic E-state index is 0.201. The van der Waals surface area contributed by atoms with E-state index < -0.39 is 6.67 Å². The normalized spacial score (nSPS) is 9.44. The predicted octanol–water partition coefficient (Wildman–Crippen LogP) is -0.122. The van der Waals surface area contributed by atoms with Gasteiger partial charge in [0.25, 0.3) is 0 Å². The Morgan fingerprint density at radius 3 is 2.22 bits per heavy atom. The van der Waals surface area contributed by atoms with Gasteiger partial charge >= 0.3 is 6.67 Å². The molecule has 0 amide bonds. The molecule has 0 aromatic rings. The molecule has 0 fully saturated rings. The monoisotopic (exact) mass is 134 g/mol. The maximum atomic E-state index is 9.87. The number of hydrogen-bond acceptors (Lipinski definition) is 5. The van der Waals surface area contributed by atoms with E-state index in [1.54, 1.807) is 0 Å². The Morgan fingerprint density at radius 2 is 2.11 bits per heavy atom. The number of hydrogen-bond donors (Lipinski definition) is 1. The van der Waals surface area contributed by atoms with Gasteiger partial charge in [0.15, 0.2) is 0 Å². The van der Waals surface area contributed by atoms with Crippen molar-refractivity contribution in [1.29, 1.82) is 0 Å². The molecule has 0 saturated heterocycles. The zero-order valence-corrected chi connectivity index (χ0v) is 5.44. The Bertz CT molecular complexity index is 91.8. The molecule has 0 saturated carbocycles. The van der Waals surface area contributed by atoms with E-state index in [4.69, 9.17) is 0 Å². The first-order chi connectivity index (χ1) is 4.31. The van der Waals surface area contributed by atoms with Crippen LogP contribution in [0.2, 0.25) is 0 Å². The lowest BCUT2D eigenvalue weighted by Crippen LogP contribution is -1.96. The average Bonchev–Trinajstić information content (AvgIpc) is 1.93. The molecule has 0 rings (SSSR count). The Hall–Kier alpha value is -1.04. The molecular weight excluding hydrogens is 124 g/mol. The van der Waals surface area contributed by atoms with Crippen LogP contribution in [0.5, 0.6) is 0 Å². The standard InChI is InChI=1S/C2H5N3O2.CH5N/c1-3-5(7)2-4-6;1-2/h2H2,1H3;2H2,1H3. The number of azo groups is 1. The Kier molecular flexibility index (Phi) is 12.1. The quantitative estimate of drug-likeness (QED) is 0.247. The number of hydroxylamine groups is 1. The summed E-state index contributed by atoms with van der Waals surface area (Å²) < 4.78 is 0. The molecular formula is C3H10N4O2. The molecule has 0 aromatic carbocycles. The topological polar surface area (TPSA) is 93.9 Å². The van der Waals surface area contributed by atoms with Gasteiger partial charge in [-0.05, 0) is 12.2 Å². The van der Waals surface area contributed by atoms with Gasteiger partial charge in [-0.25, -0.2) is 0 Å². The fourth-order valence-electron chi connectivity index (χ4n) is 0.113. The van der Waals surface area contributed by atoms with Crippen molar-refractivity contribution in [2.24, 2.45) is 16.0 Å². The van der Waals surface area contributed by atoms with E-state index in [0.29, 0.717) is 0 Å². The van der Waals surface area contributed by atoms with Crippen molar-refractivity contribution in [1.82, 2.24) is 0 Å². The van der Waals surface area contributed by atoms with Crippen LogP contribution in [0.1, 0.15) is 0 Å². The summed E-state index contributed by atoms with van der Waals surface area (Å²) in [6.07, 6.45) is 0. The summed E-state index contributed by atoms with van der Waals surface area (Å²) in [5.41, 5.74) is 4.50. The summed E-state index contributed by atoms with van der Waals surface area (Å²) in [5, 5.41) is 15.2. The van der Waals surface area contributed by atoms with Crippen molar-refractivity contribution >= 4 is 0 Å². The molecule has 6 heteroatoms. The van der Waals surface area contributed by atoms with Crippen LogP contribution < -0.4 is 5.73 Å². The lowest BCUT2D eigenvalue weighted by atomic mass is 11.2. The first-order valence-corrected chi connectivity index (χ1v) is 2.22. The third kappa shape index (κ3) is 10.9. The molecule has 0 aliphatic rings. The minimum Gasteiger partial charge on any atom is -0.598 e. The van der Waals surface area contributed by atoms with Crippen LogP contribution in [-0.2, 0) is 0 Å². The highest BCUT2D eigenvalue weighted by molar-refractivity contribution is 4.15. The molecule has 0 spiro atoms. The highest BCUT2D eigenvalue weighted by Gasteiger charge is 1.84. The summed E-state index contributed by atoms with van der Waals surface area (Å²) in [7, 11) is 2.79. The van der Waals surface area contributed by atoms with Crippen LogP contribution in [0.3, 0.4) is 0 Å². The van der Waals surface area contributed by atoms with E-state index >= 15 is 0 Å². The van der Waals surface area contributed by atoms with Gasteiger partial charge in [0, 0.05) is 5.18 Å². The van der Waals surface area contributed by atoms with Crippen LogP contribution in [0.25, 0.3) is 0 Å². The van der Waals surface area contributed by atoms with Crippen LogP contribution in [0.15, 0.2) is 10.3 Å². The van der Waals surface area contributed by atoms with Gasteiger partial charge in [-0.3, -0.25) is 0 Å². The van der Waals surface area contributed by atoms with E-state index in [1.807, 2.05) is 0 Å². The molecule has 0 aliphatic heterocycles. The number of nitrogens with two attached hydrogens (primary N) is 1. The first kappa shape index (κ1) is 10.9. The van der Waals surface area contributed by atoms with Crippen molar-refractivity contribution in [2.75, 3.05) is 20.8 Å². The largest absolute Gasteiger partial charge is 0.598 e. The summed E-state index contributed by atoms with van der Waals surface area (Å²) in [6, 6.07) is 0. The van der Waals surface area contributed by atoms with E-state index in [0.717, 1.165) is 0 Å². The highest BCUT2D eigenvalue weighted by atomic mass is 16.5. The molecule has 0 radical (unpaired) electrons. The van der Waals surface area contributed by atoms with Crippen LogP contribution in [0, 0.1) is 10.1 Å². The van der Waals surface area contributed by atoms with Gasteiger partial charge in [0.1, 0.15) is 0 Å². The molecule has 6 nitrogen and oxygen atoms in total. The summed E-state index contributed by atoms with van der Waals surface area (Å²) >= 11 is 0. The minimum atomic E-state index is -0.420. The average molecular weight is 134 g/mol. The molecule has 0 heterocycles. The third-order valence-corrected chi connectivity index (χ3v) is 0.402. The van der Waals surface area contributed by atoms with Gasteiger partial charge in [0.2, 0.25) is 0 Å². The molecule has 0 aromatic heterocycles. The van der Waals surface area contributed by atoms with Gasteiger partial charge in [-0.1, -0.05) is 4.86 Å². The SMILES string of the molecule is CN.CN=[N+]([O-])CN=O. The second kappa shape index (κ2) is 10.0. The van der Waals surface area contributed by atoms with E-state index in [9.17, 15) is 10.1 Å². The second-order valence-electron chi connectivity index (χ2n) is 0.823. The number of nitrogens with zero attached hydrogens (tertiary/aromatic N) is 3. The third-order valence-electron chi connectivity index (χ3n) is 0.402. The maximum Gasteiger partial charge on any atom is 0.309 e. The van der Waals surface area contributed by atoms with Gasteiger partial charge in [-0.15, -0.1) is 4.91 Å². The molecule has 2 N–H and O–H groups in total. The van der Waals surface area contributed by atoms with Crippen LogP contribution in [-0.4, -0.2) is 25.6 Å². The van der Waals surface area contributed by atoms with Crippen molar-refractivity contribution < 1.29 is 4.86 Å².